The Labute approximate surface area is 117 Å². The number of likely N-dealkylation sites (tertiary alicyclic amines) is 1. The molecule has 1 aromatic heterocycles. The first-order valence-corrected chi connectivity index (χ1v) is 7.51. The second-order valence-corrected chi connectivity index (χ2v) is 5.78. The fraction of sp³-hybridized carbons (Fsp3) is 0.800. The van der Waals surface area contributed by atoms with E-state index in [1.807, 2.05) is 7.05 Å². The van der Waals surface area contributed by atoms with E-state index in [0.29, 0.717) is 6.04 Å². The second kappa shape index (κ2) is 6.06. The molecule has 1 fully saturated rings. The predicted molar refractivity (Wildman–Crippen MR) is 79.4 cm³/mol. The van der Waals surface area contributed by atoms with Gasteiger partial charge in [-0.3, -0.25) is 9.58 Å². The molecule has 1 aliphatic rings. The SMILES string of the molecule is CCn1nc(C)c(C(C)N2CCC(CNC)C2)c1C. The third-order valence-corrected chi connectivity index (χ3v) is 4.51. The molecule has 0 aliphatic carbocycles. The van der Waals surface area contributed by atoms with Gasteiger partial charge in [0.25, 0.3) is 0 Å². The predicted octanol–water partition coefficient (Wildman–Crippen LogP) is 2.12. The largest absolute Gasteiger partial charge is 0.319 e. The highest BCUT2D eigenvalue weighted by Crippen LogP contribution is 2.30. The second-order valence-electron chi connectivity index (χ2n) is 5.78. The first-order chi connectivity index (χ1) is 9.08. The van der Waals surface area contributed by atoms with E-state index in [2.05, 4.69) is 47.7 Å². The Morgan fingerprint density at radius 1 is 1.42 bits per heavy atom. The van der Waals surface area contributed by atoms with Crippen LogP contribution in [0.3, 0.4) is 0 Å². The summed E-state index contributed by atoms with van der Waals surface area (Å²) in [5.74, 6) is 0.800. The van der Waals surface area contributed by atoms with Crippen molar-refractivity contribution in [2.45, 2.75) is 46.7 Å². The van der Waals surface area contributed by atoms with Gasteiger partial charge in [-0.25, -0.2) is 0 Å². The lowest BCUT2D eigenvalue weighted by Crippen LogP contribution is -2.27. The monoisotopic (exact) mass is 264 g/mol. The van der Waals surface area contributed by atoms with Gasteiger partial charge >= 0.3 is 0 Å². The van der Waals surface area contributed by atoms with Crippen molar-refractivity contribution < 1.29 is 0 Å². The van der Waals surface area contributed by atoms with Crippen LogP contribution in [0.5, 0.6) is 0 Å². The number of hydrogen-bond donors (Lipinski definition) is 1. The Morgan fingerprint density at radius 2 is 2.16 bits per heavy atom. The lowest BCUT2D eigenvalue weighted by atomic mass is 10.1. The van der Waals surface area contributed by atoms with Crippen molar-refractivity contribution in [3.8, 4) is 0 Å². The molecule has 1 aliphatic heterocycles. The third-order valence-electron chi connectivity index (χ3n) is 4.51. The smallest absolute Gasteiger partial charge is 0.0644 e. The Hall–Kier alpha value is -0.870. The van der Waals surface area contributed by atoms with E-state index in [0.717, 1.165) is 19.0 Å². The quantitative estimate of drug-likeness (QED) is 0.884. The van der Waals surface area contributed by atoms with Crippen LogP contribution in [0.25, 0.3) is 0 Å². The first kappa shape index (κ1) is 14.5. The van der Waals surface area contributed by atoms with Gasteiger partial charge < -0.3 is 5.32 Å². The van der Waals surface area contributed by atoms with Gasteiger partial charge in [-0.05, 0) is 60.2 Å². The van der Waals surface area contributed by atoms with Crippen molar-refractivity contribution in [1.29, 1.82) is 0 Å². The fourth-order valence-corrected chi connectivity index (χ4v) is 3.48. The summed E-state index contributed by atoms with van der Waals surface area (Å²) < 4.78 is 2.13. The van der Waals surface area contributed by atoms with Crippen LogP contribution in [-0.2, 0) is 6.54 Å². The zero-order valence-electron chi connectivity index (χ0n) is 13.0. The maximum atomic E-state index is 4.65. The maximum Gasteiger partial charge on any atom is 0.0644 e. The van der Waals surface area contributed by atoms with Gasteiger partial charge in [0.15, 0.2) is 0 Å². The Morgan fingerprint density at radius 3 is 2.74 bits per heavy atom. The zero-order chi connectivity index (χ0) is 14.0. The molecule has 2 rings (SSSR count). The van der Waals surface area contributed by atoms with E-state index in [9.17, 15) is 0 Å². The minimum Gasteiger partial charge on any atom is -0.319 e. The number of rotatable bonds is 5. The fourth-order valence-electron chi connectivity index (χ4n) is 3.48. The summed E-state index contributed by atoms with van der Waals surface area (Å²) in [4.78, 5) is 2.61. The van der Waals surface area contributed by atoms with Crippen molar-refractivity contribution in [1.82, 2.24) is 20.0 Å². The molecular formula is C15H28N4. The number of aromatic nitrogens is 2. The molecule has 0 amide bonds. The molecule has 0 bridgehead atoms. The summed E-state index contributed by atoms with van der Waals surface area (Å²) >= 11 is 0. The van der Waals surface area contributed by atoms with Crippen molar-refractivity contribution in [3.05, 3.63) is 17.0 Å². The number of nitrogens with zero attached hydrogens (tertiary/aromatic N) is 3. The summed E-state index contributed by atoms with van der Waals surface area (Å²) in [5.41, 5.74) is 3.97. The van der Waals surface area contributed by atoms with Crippen LogP contribution < -0.4 is 5.32 Å². The minimum absolute atomic E-state index is 0.488. The third kappa shape index (κ3) is 2.84. The van der Waals surface area contributed by atoms with Gasteiger partial charge in [0.05, 0.1) is 5.69 Å². The molecule has 1 aromatic rings. The van der Waals surface area contributed by atoms with Crippen LogP contribution in [0.15, 0.2) is 0 Å². The normalized spacial score (nSPS) is 22.1. The van der Waals surface area contributed by atoms with E-state index in [1.54, 1.807) is 0 Å². The summed E-state index contributed by atoms with van der Waals surface area (Å²) in [6, 6.07) is 0.488. The molecule has 2 atom stereocenters. The minimum atomic E-state index is 0.488. The standard InChI is InChI=1S/C15H28N4/c1-6-19-13(4)15(11(2)17-19)12(3)18-8-7-14(10-18)9-16-5/h12,14,16H,6-10H2,1-5H3. The van der Waals surface area contributed by atoms with Gasteiger partial charge in [-0.2, -0.15) is 5.10 Å². The molecule has 1 N–H and O–H groups in total. The highest BCUT2D eigenvalue weighted by Gasteiger charge is 2.29. The first-order valence-electron chi connectivity index (χ1n) is 7.51. The maximum absolute atomic E-state index is 4.65. The van der Waals surface area contributed by atoms with Crippen LogP contribution >= 0.6 is 0 Å². The Balaban J connectivity index is 2.12. The number of hydrogen-bond acceptors (Lipinski definition) is 3. The Bertz CT molecular complexity index is 424. The summed E-state index contributed by atoms with van der Waals surface area (Å²) in [7, 11) is 2.05. The van der Waals surface area contributed by atoms with Gasteiger partial charge in [0.2, 0.25) is 0 Å². The van der Waals surface area contributed by atoms with Crippen molar-refractivity contribution >= 4 is 0 Å². The number of aryl methyl sites for hydroxylation is 2. The van der Waals surface area contributed by atoms with E-state index < -0.39 is 0 Å². The van der Waals surface area contributed by atoms with E-state index in [-0.39, 0.29) is 0 Å². The lowest BCUT2D eigenvalue weighted by Gasteiger charge is -2.25. The molecule has 108 valence electrons. The van der Waals surface area contributed by atoms with Crippen molar-refractivity contribution in [3.63, 3.8) is 0 Å². The number of nitrogens with one attached hydrogen (secondary N) is 1. The van der Waals surface area contributed by atoms with Crippen LogP contribution in [0, 0.1) is 19.8 Å². The molecule has 4 nitrogen and oxygen atoms in total. The van der Waals surface area contributed by atoms with E-state index in [4.69, 9.17) is 0 Å². The summed E-state index contributed by atoms with van der Waals surface area (Å²) in [6.45, 7) is 13.4. The van der Waals surface area contributed by atoms with Gasteiger partial charge in [-0.15, -0.1) is 0 Å². The van der Waals surface area contributed by atoms with E-state index in [1.165, 1.54) is 36.5 Å². The lowest BCUT2D eigenvalue weighted by molar-refractivity contribution is 0.250. The van der Waals surface area contributed by atoms with E-state index >= 15 is 0 Å². The average molecular weight is 264 g/mol. The zero-order valence-corrected chi connectivity index (χ0v) is 13.0. The molecule has 0 radical (unpaired) electrons. The molecule has 2 heterocycles. The summed E-state index contributed by atoms with van der Waals surface area (Å²) in [6.07, 6.45) is 1.31. The molecule has 4 heteroatoms. The average Bonchev–Trinajstić information content (AvgIpc) is 2.94. The molecule has 1 saturated heterocycles. The molecule has 0 spiro atoms. The topological polar surface area (TPSA) is 33.1 Å². The van der Waals surface area contributed by atoms with Crippen molar-refractivity contribution in [2.75, 3.05) is 26.7 Å². The van der Waals surface area contributed by atoms with Gasteiger partial charge in [0.1, 0.15) is 0 Å². The van der Waals surface area contributed by atoms with Crippen LogP contribution in [0.2, 0.25) is 0 Å². The molecular weight excluding hydrogens is 236 g/mol. The highest BCUT2D eigenvalue weighted by molar-refractivity contribution is 5.28. The summed E-state index contributed by atoms with van der Waals surface area (Å²) in [5, 5.41) is 7.96. The highest BCUT2D eigenvalue weighted by atomic mass is 15.3. The molecule has 0 saturated carbocycles. The van der Waals surface area contributed by atoms with Crippen molar-refractivity contribution in [2.24, 2.45) is 5.92 Å². The van der Waals surface area contributed by atoms with Crippen LogP contribution in [-0.4, -0.2) is 41.4 Å². The van der Waals surface area contributed by atoms with Gasteiger partial charge in [0, 0.05) is 30.4 Å². The molecule has 2 unspecified atom stereocenters. The van der Waals surface area contributed by atoms with Crippen LogP contribution in [0.4, 0.5) is 0 Å². The Kier molecular flexibility index (Phi) is 4.63. The molecule has 0 aromatic carbocycles. The molecule has 19 heavy (non-hydrogen) atoms. The van der Waals surface area contributed by atoms with Gasteiger partial charge in [-0.1, -0.05) is 0 Å². The van der Waals surface area contributed by atoms with Crippen LogP contribution in [0.1, 0.15) is 43.3 Å².